The normalized spacial score (nSPS) is 11.3. The standard InChI is InChI=1S/C29H56O4.2Na.2H/c1-4-6-8-10-12-14-16-18-20-22-24-32-28(30)26-27(3)29(31)33-25-23-21-19-17-15-13-11-9-7-5-2;;;;/h27H,4-26H2,1-3H3;;;;/q;2*+1;2*-1. The molecule has 0 N–H and O–H groups in total. The zero-order chi connectivity index (χ0) is 24.4. The van der Waals surface area contributed by atoms with Crippen LogP contribution in [0.5, 0.6) is 0 Å². The second-order valence-corrected chi connectivity index (χ2v) is 9.86. The van der Waals surface area contributed by atoms with Crippen molar-refractivity contribution in [1.29, 1.82) is 0 Å². The molecule has 0 aromatic heterocycles. The van der Waals surface area contributed by atoms with Crippen molar-refractivity contribution in [3.8, 4) is 0 Å². The van der Waals surface area contributed by atoms with Gasteiger partial charge in [-0.25, -0.2) is 0 Å². The Kier molecular flexibility index (Phi) is 38.1. The summed E-state index contributed by atoms with van der Waals surface area (Å²) in [4.78, 5) is 24.0. The Hall–Kier alpha value is 0.940. The number of unbranched alkanes of at least 4 members (excludes halogenated alkanes) is 18. The molecule has 1 atom stereocenters. The Bertz CT molecular complexity index is 458. The van der Waals surface area contributed by atoms with Crippen molar-refractivity contribution >= 4 is 11.9 Å². The van der Waals surface area contributed by atoms with Gasteiger partial charge >= 0.3 is 71.1 Å². The van der Waals surface area contributed by atoms with Gasteiger partial charge in [0.2, 0.25) is 0 Å². The van der Waals surface area contributed by atoms with Crippen molar-refractivity contribution in [2.24, 2.45) is 5.92 Å². The molecule has 0 aliphatic rings. The summed E-state index contributed by atoms with van der Waals surface area (Å²) in [5.41, 5.74) is 0. The van der Waals surface area contributed by atoms with E-state index in [0.29, 0.717) is 13.2 Å². The van der Waals surface area contributed by atoms with Crippen LogP contribution in [-0.4, -0.2) is 25.2 Å². The Labute approximate surface area is 265 Å². The first-order valence-corrected chi connectivity index (χ1v) is 14.4. The number of rotatable bonds is 25. The first kappa shape index (κ1) is 40.4. The molecule has 0 aromatic rings. The molecular weight excluding hydrogens is 458 g/mol. The van der Waals surface area contributed by atoms with Crippen LogP contribution in [0.25, 0.3) is 0 Å². The van der Waals surface area contributed by atoms with Gasteiger partial charge < -0.3 is 12.3 Å². The van der Waals surface area contributed by atoms with E-state index in [1.807, 2.05) is 0 Å². The number of carbonyl (C=O) groups excluding carboxylic acids is 2. The molecule has 1 unspecified atom stereocenters. The smallest absolute Gasteiger partial charge is 1.00 e. The van der Waals surface area contributed by atoms with Gasteiger partial charge in [-0.2, -0.15) is 0 Å². The summed E-state index contributed by atoms with van der Waals surface area (Å²) in [6.07, 6.45) is 25.3. The van der Waals surface area contributed by atoms with Gasteiger partial charge in [0.15, 0.2) is 0 Å². The number of carbonyl (C=O) groups is 2. The monoisotopic (exact) mass is 516 g/mol. The maximum Gasteiger partial charge on any atom is 1.00 e. The van der Waals surface area contributed by atoms with Crippen molar-refractivity contribution in [1.82, 2.24) is 0 Å². The summed E-state index contributed by atoms with van der Waals surface area (Å²) < 4.78 is 10.6. The van der Waals surface area contributed by atoms with Gasteiger partial charge in [-0.3, -0.25) is 9.59 Å². The van der Waals surface area contributed by atoms with E-state index in [0.717, 1.165) is 25.7 Å². The third kappa shape index (κ3) is 31.1. The van der Waals surface area contributed by atoms with Gasteiger partial charge in [-0.15, -0.1) is 0 Å². The molecule has 0 heterocycles. The molecule has 200 valence electrons. The molecule has 0 aliphatic heterocycles. The summed E-state index contributed by atoms with van der Waals surface area (Å²) in [5.74, 6) is -0.982. The van der Waals surface area contributed by atoms with Crippen LogP contribution < -0.4 is 59.1 Å². The Morgan fingerprint density at radius 3 is 1.23 bits per heavy atom. The molecule has 0 aromatic carbocycles. The van der Waals surface area contributed by atoms with E-state index in [4.69, 9.17) is 9.47 Å². The van der Waals surface area contributed by atoms with E-state index >= 15 is 0 Å². The van der Waals surface area contributed by atoms with Crippen molar-refractivity contribution in [3.63, 3.8) is 0 Å². The Morgan fingerprint density at radius 1 is 0.543 bits per heavy atom. The zero-order valence-corrected chi connectivity index (χ0v) is 28.5. The van der Waals surface area contributed by atoms with E-state index in [1.165, 1.54) is 103 Å². The fourth-order valence-electron chi connectivity index (χ4n) is 4.07. The molecule has 35 heavy (non-hydrogen) atoms. The van der Waals surface area contributed by atoms with Crippen LogP contribution in [0, 0.1) is 5.92 Å². The third-order valence-corrected chi connectivity index (χ3v) is 6.38. The molecular formula is C29H58Na2O4. The molecule has 0 amide bonds. The SMILES string of the molecule is CCCCCCCCCCCCOC(=O)CC(C)C(=O)OCCCCCCCCCCCC.[H-].[H-].[Na+].[Na+]. The van der Waals surface area contributed by atoms with Gasteiger partial charge in [0.05, 0.1) is 25.6 Å². The van der Waals surface area contributed by atoms with Gasteiger partial charge in [-0.1, -0.05) is 136 Å². The second-order valence-electron chi connectivity index (χ2n) is 9.86. The van der Waals surface area contributed by atoms with Crippen molar-refractivity contribution in [3.05, 3.63) is 0 Å². The molecule has 0 bridgehead atoms. The number of hydrogen-bond acceptors (Lipinski definition) is 4. The van der Waals surface area contributed by atoms with E-state index in [1.54, 1.807) is 6.92 Å². The topological polar surface area (TPSA) is 52.6 Å². The number of ether oxygens (including phenoxy) is 2. The quantitative estimate of drug-likeness (QED) is 0.106. The first-order valence-electron chi connectivity index (χ1n) is 14.4. The summed E-state index contributed by atoms with van der Waals surface area (Å²) in [7, 11) is 0. The maximum atomic E-state index is 12.1. The van der Waals surface area contributed by atoms with Crippen LogP contribution in [-0.2, 0) is 19.1 Å². The van der Waals surface area contributed by atoms with Crippen molar-refractivity contribution in [2.45, 2.75) is 156 Å². The average molecular weight is 517 g/mol. The van der Waals surface area contributed by atoms with Gasteiger partial charge in [0.1, 0.15) is 0 Å². The summed E-state index contributed by atoms with van der Waals surface area (Å²) in [6.45, 7) is 7.18. The minimum absolute atomic E-state index is 0. The van der Waals surface area contributed by atoms with Gasteiger partial charge in [0.25, 0.3) is 0 Å². The second kappa shape index (κ2) is 33.0. The van der Waals surface area contributed by atoms with E-state index in [9.17, 15) is 9.59 Å². The summed E-state index contributed by atoms with van der Waals surface area (Å²) in [6, 6.07) is 0. The average Bonchev–Trinajstić information content (AvgIpc) is 2.80. The van der Waals surface area contributed by atoms with Crippen LogP contribution in [0.4, 0.5) is 0 Å². The van der Waals surface area contributed by atoms with Crippen LogP contribution in [0.3, 0.4) is 0 Å². The fraction of sp³-hybridized carbons (Fsp3) is 0.931. The molecule has 0 spiro atoms. The molecule has 0 fully saturated rings. The van der Waals surface area contributed by atoms with Crippen LogP contribution in [0.2, 0.25) is 0 Å². The summed E-state index contributed by atoms with van der Waals surface area (Å²) in [5, 5.41) is 0. The molecule has 0 rings (SSSR count). The predicted molar refractivity (Wildman–Crippen MR) is 142 cm³/mol. The maximum absolute atomic E-state index is 12.1. The van der Waals surface area contributed by atoms with Gasteiger partial charge in [0, 0.05) is 0 Å². The first-order chi connectivity index (χ1) is 16.1. The largest absolute Gasteiger partial charge is 1.00 e. The van der Waals surface area contributed by atoms with E-state index < -0.39 is 5.92 Å². The number of hydrogen-bond donors (Lipinski definition) is 0. The molecule has 0 radical (unpaired) electrons. The Balaban J connectivity index is -0.000000853. The Morgan fingerprint density at radius 2 is 0.857 bits per heavy atom. The number of esters is 2. The predicted octanol–water partition coefficient (Wildman–Crippen LogP) is 3.17. The molecule has 0 saturated carbocycles. The summed E-state index contributed by atoms with van der Waals surface area (Å²) >= 11 is 0. The van der Waals surface area contributed by atoms with Gasteiger partial charge in [-0.05, 0) is 12.8 Å². The minimum Gasteiger partial charge on any atom is -1.00 e. The van der Waals surface area contributed by atoms with E-state index in [2.05, 4.69) is 13.8 Å². The van der Waals surface area contributed by atoms with Crippen LogP contribution >= 0.6 is 0 Å². The molecule has 0 saturated heterocycles. The van der Waals surface area contributed by atoms with Crippen molar-refractivity contribution < 1.29 is 81.0 Å². The van der Waals surface area contributed by atoms with Crippen LogP contribution in [0.15, 0.2) is 0 Å². The molecule has 6 heteroatoms. The van der Waals surface area contributed by atoms with E-state index in [-0.39, 0.29) is 80.3 Å². The third-order valence-electron chi connectivity index (χ3n) is 6.38. The molecule has 0 aliphatic carbocycles. The van der Waals surface area contributed by atoms with Crippen molar-refractivity contribution in [2.75, 3.05) is 13.2 Å². The molecule has 4 nitrogen and oxygen atoms in total. The van der Waals surface area contributed by atoms with Crippen LogP contribution in [0.1, 0.15) is 158 Å². The minimum atomic E-state index is -0.423. The fourth-order valence-corrected chi connectivity index (χ4v) is 4.07. The zero-order valence-electron chi connectivity index (χ0n) is 26.5.